The maximum absolute atomic E-state index is 12.2. The molecule has 1 atom stereocenters. The molecule has 0 spiro atoms. The molecule has 1 aromatic carbocycles. The summed E-state index contributed by atoms with van der Waals surface area (Å²) in [6.07, 6.45) is 0. The molecule has 21 heavy (non-hydrogen) atoms. The highest BCUT2D eigenvalue weighted by Gasteiger charge is 2.16. The first-order chi connectivity index (χ1) is 9.97. The van der Waals surface area contributed by atoms with Gasteiger partial charge in [-0.15, -0.1) is 0 Å². The number of furan rings is 1. The molecule has 0 aliphatic heterocycles. The van der Waals surface area contributed by atoms with E-state index in [-0.39, 0.29) is 11.9 Å². The van der Waals surface area contributed by atoms with Crippen LogP contribution >= 0.6 is 0 Å². The highest BCUT2D eigenvalue weighted by atomic mass is 16.3. The van der Waals surface area contributed by atoms with Gasteiger partial charge >= 0.3 is 0 Å². The molecule has 4 heteroatoms. The minimum absolute atomic E-state index is 0.0392. The van der Waals surface area contributed by atoms with Crippen molar-refractivity contribution >= 4 is 11.6 Å². The Morgan fingerprint density at radius 1 is 1.29 bits per heavy atom. The van der Waals surface area contributed by atoms with Crippen molar-refractivity contribution in [1.82, 2.24) is 5.32 Å². The van der Waals surface area contributed by atoms with Gasteiger partial charge in [-0.3, -0.25) is 4.79 Å². The average molecular weight is 286 g/mol. The fourth-order valence-electron chi connectivity index (χ4n) is 2.40. The summed E-state index contributed by atoms with van der Waals surface area (Å²) in [7, 11) is 2.02. The Kier molecular flexibility index (Phi) is 4.68. The van der Waals surface area contributed by atoms with Crippen LogP contribution in [0.5, 0.6) is 0 Å². The van der Waals surface area contributed by atoms with Gasteiger partial charge in [0.1, 0.15) is 11.5 Å². The van der Waals surface area contributed by atoms with E-state index in [0.29, 0.717) is 11.3 Å². The van der Waals surface area contributed by atoms with Crippen LogP contribution < -0.4 is 10.2 Å². The van der Waals surface area contributed by atoms with E-state index >= 15 is 0 Å². The number of amides is 1. The van der Waals surface area contributed by atoms with Crippen molar-refractivity contribution in [2.75, 3.05) is 18.5 Å². The minimum atomic E-state index is -0.0849. The Morgan fingerprint density at radius 3 is 2.52 bits per heavy atom. The van der Waals surface area contributed by atoms with Crippen molar-refractivity contribution in [2.45, 2.75) is 26.8 Å². The molecule has 0 saturated carbocycles. The highest BCUT2D eigenvalue weighted by Crippen LogP contribution is 2.14. The minimum Gasteiger partial charge on any atom is -0.466 e. The summed E-state index contributed by atoms with van der Waals surface area (Å²) in [6, 6.07) is 11.9. The topological polar surface area (TPSA) is 45.5 Å². The molecular formula is C17H22N2O2. The normalized spacial score (nSPS) is 12.0. The number of hydrogen-bond donors (Lipinski definition) is 1. The summed E-state index contributed by atoms with van der Waals surface area (Å²) < 4.78 is 5.40. The Bertz CT molecular complexity index is 605. The third kappa shape index (κ3) is 3.88. The van der Waals surface area contributed by atoms with Crippen LogP contribution in [0, 0.1) is 13.8 Å². The zero-order valence-electron chi connectivity index (χ0n) is 13.0. The number of anilines is 1. The zero-order valence-corrected chi connectivity index (χ0v) is 13.0. The van der Waals surface area contributed by atoms with Crippen molar-refractivity contribution in [3.8, 4) is 0 Å². The SMILES string of the molecule is Cc1cc(C(=O)N[C@H](C)CN(C)c2ccccc2)c(C)o1. The monoisotopic (exact) mass is 286 g/mol. The summed E-state index contributed by atoms with van der Waals surface area (Å²) in [6.45, 7) is 6.39. The molecule has 0 radical (unpaired) electrons. The predicted molar refractivity (Wildman–Crippen MR) is 84.8 cm³/mol. The van der Waals surface area contributed by atoms with Crippen LogP contribution in [-0.4, -0.2) is 25.5 Å². The largest absolute Gasteiger partial charge is 0.466 e. The number of carbonyl (C=O) groups excluding carboxylic acids is 1. The van der Waals surface area contributed by atoms with E-state index in [0.717, 1.165) is 18.0 Å². The maximum Gasteiger partial charge on any atom is 0.255 e. The van der Waals surface area contributed by atoms with Gasteiger partial charge in [-0.05, 0) is 39.0 Å². The summed E-state index contributed by atoms with van der Waals surface area (Å²) in [5.41, 5.74) is 1.75. The molecule has 1 amide bonds. The van der Waals surface area contributed by atoms with Crippen LogP contribution in [0.25, 0.3) is 0 Å². The number of nitrogens with one attached hydrogen (secondary N) is 1. The average Bonchev–Trinajstić information content (AvgIpc) is 2.78. The smallest absolute Gasteiger partial charge is 0.255 e. The maximum atomic E-state index is 12.2. The lowest BCUT2D eigenvalue weighted by Crippen LogP contribution is -2.40. The second-order valence-electron chi connectivity index (χ2n) is 5.42. The van der Waals surface area contributed by atoms with E-state index in [1.807, 2.05) is 46.0 Å². The molecule has 2 aromatic rings. The first-order valence-electron chi connectivity index (χ1n) is 7.11. The summed E-state index contributed by atoms with van der Waals surface area (Å²) >= 11 is 0. The standard InChI is InChI=1S/C17H22N2O2/c1-12(11-19(4)15-8-6-5-7-9-15)18-17(20)16-10-13(2)21-14(16)3/h5-10,12H,11H2,1-4H3,(H,18,20)/t12-/m1/s1. The fraction of sp³-hybridized carbons (Fsp3) is 0.353. The fourth-order valence-corrected chi connectivity index (χ4v) is 2.40. The van der Waals surface area contributed by atoms with Crippen LogP contribution in [0.3, 0.4) is 0 Å². The van der Waals surface area contributed by atoms with Crippen molar-refractivity contribution in [3.05, 3.63) is 53.5 Å². The van der Waals surface area contributed by atoms with Crippen LogP contribution in [0.1, 0.15) is 28.8 Å². The van der Waals surface area contributed by atoms with E-state index in [4.69, 9.17) is 4.42 Å². The molecule has 1 heterocycles. The van der Waals surface area contributed by atoms with Crippen LogP contribution in [0.15, 0.2) is 40.8 Å². The lowest BCUT2D eigenvalue weighted by atomic mass is 10.2. The van der Waals surface area contributed by atoms with Gasteiger partial charge in [0.25, 0.3) is 5.91 Å². The molecule has 112 valence electrons. The summed E-state index contributed by atoms with van der Waals surface area (Å²) in [5, 5.41) is 3.01. The Hall–Kier alpha value is -2.23. The number of carbonyl (C=O) groups is 1. The van der Waals surface area contributed by atoms with Gasteiger partial charge in [-0.1, -0.05) is 18.2 Å². The number of aryl methyl sites for hydroxylation is 2. The van der Waals surface area contributed by atoms with Gasteiger partial charge in [-0.2, -0.15) is 0 Å². The number of rotatable bonds is 5. The molecule has 0 unspecified atom stereocenters. The number of hydrogen-bond acceptors (Lipinski definition) is 3. The van der Waals surface area contributed by atoms with E-state index in [9.17, 15) is 4.79 Å². The molecular weight excluding hydrogens is 264 g/mol. The predicted octanol–water partition coefficient (Wildman–Crippen LogP) is 3.15. The lowest BCUT2D eigenvalue weighted by molar-refractivity contribution is 0.0939. The van der Waals surface area contributed by atoms with Gasteiger partial charge in [0.15, 0.2) is 0 Å². The molecule has 0 bridgehead atoms. The highest BCUT2D eigenvalue weighted by molar-refractivity contribution is 5.95. The number of benzene rings is 1. The molecule has 4 nitrogen and oxygen atoms in total. The lowest BCUT2D eigenvalue weighted by Gasteiger charge is -2.24. The van der Waals surface area contributed by atoms with Crippen molar-refractivity contribution in [3.63, 3.8) is 0 Å². The van der Waals surface area contributed by atoms with Crippen molar-refractivity contribution in [1.29, 1.82) is 0 Å². The third-order valence-electron chi connectivity index (χ3n) is 3.41. The summed E-state index contributed by atoms with van der Waals surface area (Å²) in [4.78, 5) is 14.3. The van der Waals surface area contributed by atoms with Crippen molar-refractivity contribution < 1.29 is 9.21 Å². The molecule has 2 rings (SSSR count). The second-order valence-corrected chi connectivity index (χ2v) is 5.42. The van der Waals surface area contributed by atoms with E-state index in [1.165, 1.54) is 0 Å². The molecule has 0 aliphatic carbocycles. The van der Waals surface area contributed by atoms with E-state index in [2.05, 4.69) is 22.3 Å². The van der Waals surface area contributed by atoms with Crippen LogP contribution in [0.4, 0.5) is 5.69 Å². The van der Waals surface area contributed by atoms with Gasteiger partial charge in [0, 0.05) is 25.3 Å². The van der Waals surface area contributed by atoms with Crippen molar-refractivity contribution in [2.24, 2.45) is 0 Å². The number of likely N-dealkylation sites (N-methyl/N-ethyl adjacent to an activating group) is 1. The van der Waals surface area contributed by atoms with Gasteiger partial charge in [-0.25, -0.2) is 0 Å². The summed E-state index contributed by atoms with van der Waals surface area (Å²) in [5.74, 6) is 1.33. The van der Waals surface area contributed by atoms with Crippen LogP contribution in [-0.2, 0) is 0 Å². The van der Waals surface area contributed by atoms with Gasteiger partial charge in [0.2, 0.25) is 0 Å². The second kappa shape index (κ2) is 6.48. The van der Waals surface area contributed by atoms with E-state index < -0.39 is 0 Å². The Morgan fingerprint density at radius 2 is 1.95 bits per heavy atom. The molecule has 0 aliphatic rings. The first-order valence-corrected chi connectivity index (χ1v) is 7.11. The number of nitrogens with zero attached hydrogens (tertiary/aromatic N) is 1. The first kappa shape index (κ1) is 15.2. The quantitative estimate of drug-likeness (QED) is 0.918. The zero-order chi connectivity index (χ0) is 15.4. The van der Waals surface area contributed by atoms with Gasteiger partial charge in [0.05, 0.1) is 5.56 Å². The van der Waals surface area contributed by atoms with Crippen LogP contribution in [0.2, 0.25) is 0 Å². The molecule has 0 fully saturated rings. The third-order valence-corrected chi connectivity index (χ3v) is 3.41. The number of para-hydroxylation sites is 1. The Balaban J connectivity index is 1.94. The molecule has 0 saturated heterocycles. The van der Waals surface area contributed by atoms with E-state index in [1.54, 1.807) is 6.07 Å². The molecule has 1 N–H and O–H groups in total. The molecule has 1 aromatic heterocycles. The van der Waals surface area contributed by atoms with Gasteiger partial charge < -0.3 is 14.6 Å². The Labute approximate surface area is 125 Å².